The van der Waals surface area contributed by atoms with E-state index >= 15 is 0 Å². The minimum absolute atomic E-state index is 0.538. The van der Waals surface area contributed by atoms with Gasteiger partial charge in [0.2, 0.25) is 0 Å². The first-order valence-electron chi connectivity index (χ1n) is 7.32. The third-order valence-corrected chi connectivity index (χ3v) is 4.43. The zero-order chi connectivity index (χ0) is 12.4. The number of imidazole rings is 1. The fourth-order valence-electron chi connectivity index (χ4n) is 3.34. The molecular weight excluding hydrogens is 224 g/mol. The van der Waals surface area contributed by atoms with Gasteiger partial charge in [-0.2, -0.15) is 0 Å². The van der Waals surface area contributed by atoms with Gasteiger partial charge in [-0.3, -0.25) is 0 Å². The molecule has 2 aliphatic rings. The number of nitrogens with one attached hydrogen (secondary N) is 1. The molecule has 3 rings (SSSR count). The topological polar surface area (TPSA) is 33.1 Å². The van der Waals surface area contributed by atoms with Gasteiger partial charge in [-0.1, -0.05) is 6.92 Å². The van der Waals surface area contributed by atoms with E-state index in [0.29, 0.717) is 6.04 Å². The number of hydrogen-bond donors (Lipinski definition) is 1. The number of nitrogens with zero attached hydrogens (tertiary/aromatic N) is 3. The van der Waals surface area contributed by atoms with Gasteiger partial charge < -0.3 is 14.8 Å². The van der Waals surface area contributed by atoms with Crippen LogP contribution in [0.4, 0.5) is 0 Å². The standard InChI is InChI=1S/C14H24N4/c1-2-17-7-5-12(9-17)10-18-11-15-8-14(18)13-4-3-6-16-13/h8,11-13,16H,2-7,9-10H2,1H3/t12?,13-/m0/s1. The summed E-state index contributed by atoms with van der Waals surface area (Å²) in [6.07, 6.45) is 7.96. The molecule has 2 atom stereocenters. The van der Waals surface area contributed by atoms with Crippen LogP contribution in [0.25, 0.3) is 0 Å². The Bertz CT molecular complexity index is 381. The minimum Gasteiger partial charge on any atom is -0.333 e. The second-order valence-electron chi connectivity index (χ2n) is 5.67. The van der Waals surface area contributed by atoms with Gasteiger partial charge in [0.1, 0.15) is 0 Å². The van der Waals surface area contributed by atoms with Crippen LogP contribution < -0.4 is 5.32 Å². The summed E-state index contributed by atoms with van der Waals surface area (Å²) in [5, 5.41) is 3.57. The Morgan fingerprint density at radius 3 is 3.11 bits per heavy atom. The maximum absolute atomic E-state index is 4.36. The predicted molar refractivity (Wildman–Crippen MR) is 72.4 cm³/mol. The third kappa shape index (κ3) is 2.45. The molecule has 0 bridgehead atoms. The molecule has 1 aromatic heterocycles. The van der Waals surface area contributed by atoms with Crippen LogP contribution in [0, 0.1) is 5.92 Å². The lowest BCUT2D eigenvalue weighted by atomic mass is 10.1. The maximum atomic E-state index is 4.36. The van der Waals surface area contributed by atoms with Crippen molar-refractivity contribution in [1.82, 2.24) is 19.8 Å². The molecule has 100 valence electrons. The minimum atomic E-state index is 0.538. The lowest BCUT2D eigenvalue weighted by Gasteiger charge is -2.17. The van der Waals surface area contributed by atoms with Crippen LogP contribution in [0.2, 0.25) is 0 Å². The number of aromatic nitrogens is 2. The van der Waals surface area contributed by atoms with E-state index < -0.39 is 0 Å². The molecule has 1 N–H and O–H groups in total. The molecule has 2 saturated heterocycles. The SMILES string of the molecule is CCN1CCC(Cn2cncc2[C@@H]2CCCN2)C1. The van der Waals surface area contributed by atoms with E-state index in [1.807, 2.05) is 6.33 Å². The first-order chi connectivity index (χ1) is 8.86. The molecule has 0 aliphatic carbocycles. The molecule has 2 fully saturated rings. The van der Waals surface area contributed by atoms with E-state index in [4.69, 9.17) is 0 Å². The zero-order valence-electron chi connectivity index (χ0n) is 11.3. The van der Waals surface area contributed by atoms with Gasteiger partial charge in [-0.25, -0.2) is 4.98 Å². The average Bonchev–Trinajstić information content (AvgIpc) is 3.09. The second-order valence-corrected chi connectivity index (χ2v) is 5.67. The zero-order valence-corrected chi connectivity index (χ0v) is 11.3. The van der Waals surface area contributed by atoms with Crippen molar-refractivity contribution >= 4 is 0 Å². The summed E-state index contributed by atoms with van der Waals surface area (Å²) in [4.78, 5) is 6.91. The Morgan fingerprint density at radius 1 is 1.44 bits per heavy atom. The van der Waals surface area contributed by atoms with Crippen LogP contribution >= 0.6 is 0 Å². The first-order valence-corrected chi connectivity index (χ1v) is 7.32. The van der Waals surface area contributed by atoms with E-state index in [1.54, 1.807) is 0 Å². The number of likely N-dealkylation sites (tertiary alicyclic amines) is 1. The molecule has 0 radical (unpaired) electrons. The van der Waals surface area contributed by atoms with Crippen LogP contribution in [0.15, 0.2) is 12.5 Å². The smallest absolute Gasteiger partial charge is 0.0948 e. The van der Waals surface area contributed by atoms with E-state index in [1.165, 1.54) is 44.6 Å². The van der Waals surface area contributed by atoms with E-state index in [-0.39, 0.29) is 0 Å². The summed E-state index contributed by atoms with van der Waals surface area (Å²) in [5.41, 5.74) is 1.39. The Balaban J connectivity index is 1.64. The summed E-state index contributed by atoms with van der Waals surface area (Å²) in [7, 11) is 0. The van der Waals surface area contributed by atoms with Crippen molar-refractivity contribution in [3.05, 3.63) is 18.2 Å². The van der Waals surface area contributed by atoms with Crippen molar-refractivity contribution in [2.75, 3.05) is 26.2 Å². The van der Waals surface area contributed by atoms with Crippen LogP contribution in [0.5, 0.6) is 0 Å². The molecule has 2 aliphatic heterocycles. The highest BCUT2D eigenvalue weighted by Gasteiger charge is 2.24. The van der Waals surface area contributed by atoms with Crippen LogP contribution in [0.3, 0.4) is 0 Å². The van der Waals surface area contributed by atoms with Crippen molar-refractivity contribution in [3.63, 3.8) is 0 Å². The molecule has 1 aromatic rings. The molecule has 0 saturated carbocycles. The Morgan fingerprint density at radius 2 is 2.39 bits per heavy atom. The van der Waals surface area contributed by atoms with Crippen LogP contribution in [-0.2, 0) is 6.54 Å². The van der Waals surface area contributed by atoms with Crippen molar-refractivity contribution in [3.8, 4) is 0 Å². The summed E-state index contributed by atoms with van der Waals surface area (Å²) in [5.74, 6) is 0.805. The second kappa shape index (κ2) is 5.41. The highest BCUT2D eigenvalue weighted by atomic mass is 15.2. The molecule has 1 unspecified atom stereocenters. The molecule has 3 heterocycles. The number of rotatable bonds is 4. The lowest BCUT2D eigenvalue weighted by Crippen LogP contribution is -2.23. The Labute approximate surface area is 109 Å². The molecule has 18 heavy (non-hydrogen) atoms. The summed E-state index contributed by atoms with van der Waals surface area (Å²) >= 11 is 0. The Hall–Kier alpha value is -0.870. The third-order valence-electron chi connectivity index (χ3n) is 4.43. The van der Waals surface area contributed by atoms with Crippen molar-refractivity contribution < 1.29 is 0 Å². The quantitative estimate of drug-likeness (QED) is 0.879. The average molecular weight is 248 g/mol. The van der Waals surface area contributed by atoms with Gasteiger partial charge in [-0.05, 0) is 44.8 Å². The normalized spacial score (nSPS) is 29.2. The lowest BCUT2D eigenvalue weighted by molar-refractivity contribution is 0.330. The molecule has 0 aromatic carbocycles. The fourth-order valence-corrected chi connectivity index (χ4v) is 3.34. The Kier molecular flexibility index (Phi) is 3.66. The van der Waals surface area contributed by atoms with E-state index in [0.717, 1.165) is 19.0 Å². The summed E-state index contributed by atoms with van der Waals surface area (Å²) in [6, 6.07) is 0.538. The highest BCUT2D eigenvalue weighted by molar-refractivity contribution is 5.07. The predicted octanol–water partition coefficient (Wildman–Crippen LogP) is 1.65. The van der Waals surface area contributed by atoms with E-state index in [9.17, 15) is 0 Å². The fraction of sp³-hybridized carbons (Fsp3) is 0.786. The van der Waals surface area contributed by atoms with Gasteiger partial charge in [0, 0.05) is 25.3 Å². The first kappa shape index (κ1) is 12.2. The largest absolute Gasteiger partial charge is 0.333 e. The van der Waals surface area contributed by atoms with Gasteiger partial charge in [0.05, 0.1) is 12.0 Å². The maximum Gasteiger partial charge on any atom is 0.0948 e. The van der Waals surface area contributed by atoms with E-state index in [2.05, 4.69) is 32.9 Å². The molecular formula is C14H24N4. The van der Waals surface area contributed by atoms with Crippen LogP contribution in [-0.4, -0.2) is 40.6 Å². The molecule has 4 nitrogen and oxygen atoms in total. The molecule has 0 spiro atoms. The summed E-state index contributed by atoms with van der Waals surface area (Å²) in [6.45, 7) is 8.27. The highest BCUT2D eigenvalue weighted by Crippen LogP contribution is 2.25. The van der Waals surface area contributed by atoms with Crippen molar-refractivity contribution in [1.29, 1.82) is 0 Å². The van der Waals surface area contributed by atoms with Crippen molar-refractivity contribution in [2.45, 2.75) is 38.8 Å². The van der Waals surface area contributed by atoms with Gasteiger partial charge in [-0.15, -0.1) is 0 Å². The van der Waals surface area contributed by atoms with Gasteiger partial charge in [0.15, 0.2) is 0 Å². The molecule has 0 amide bonds. The van der Waals surface area contributed by atoms with Gasteiger partial charge in [0.25, 0.3) is 0 Å². The van der Waals surface area contributed by atoms with Crippen molar-refractivity contribution in [2.24, 2.45) is 5.92 Å². The number of hydrogen-bond acceptors (Lipinski definition) is 3. The van der Waals surface area contributed by atoms with Crippen LogP contribution in [0.1, 0.15) is 37.9 Å². The molecule has 4 heteroatoms. The summed E-state index contributed by atoms with van der Waals surface area (Å²) < 4.78 is 2.38. The monoisotopic (exact) mass is 248 g/mol. The van der Waals surface area contributed by atoms with Gasteiger partial charge >= 0.3 is 0 Å².